The zero-order valence-corrected chi connectivity index (χ0v) is 14.0. The second kappa shape index (κ2) is 7.34. The molecule has 1 aliphatic rings. The van der Waals surface area contributed by atoms with Gasteiger partial charge in [-0.05, 0) is 20.8 Å². The van der Waals surface area contributed by atoms with E-state index in [-0.39, 0.29) is 25.2 Å². The predicted octanol–water partition coefficient (Wildman–Crippen LogP) is -0.342. The van der Waals surface area contributed by atoms with Gasteiger partial charge in [-0.1, -0.05) is 12.2 Å². The molecule has 0 radical (unpaired) electrons. The third-order valence-corrected chi connectivity index (χ3v) is 4.94. The van der Waals surface area contributed by atoms with E-state index < -0.39 is 16.3 Å². The Morgan fingerprint density at radius 3 is 2.19 bits per heavy atom. The van der Waals surface area contributed by atoms with Crippen LogP contribution in [0.2, 0.25) is 0 Å². The highest BCUT2D eigenvalue weighted by Crippen LogP contribution is 2.09. The first-order valence-corrected chi connectivity index (χ1v) is 8.50. The highest BCUT2D eigenvalue weighted by molar-refractivity contribution is 7.87. The Bertz CT molecular complexity index is 486. The standard InChI is InChI=1S/C11H22N4O4S2/c1-8(2)19-11(16)13-21(17,18)15-6-4-14(5-7-15)9(3)10(12)20/h8-9H,4-7H2,1-3H3,(H2,12,20)(H,13,16). The predicted molar refractivity (Wildman–Crippen MR) is 83.1 cm³/mol. The molecule has 0 aromatic rings. The molecule has 0 saturated carbocycles. The van der Waals surface area contributed by atoms with Crippen molar-refractivity contribution in [2.75, 3.05) is 26.2 Å². The largest absolute Gasteiger partial charge is 0.446 e. The van der Waals surface area contributed by atoms with Crippen molar-refractivity contribution >= 4 is 33.5 Å². The van der Waals surface area contributed by atoms with Crippen molar-refractivity contribution in [2.24, 2.45) is 5.73 Å². The third kappa shape index (κ3) is 5.38. The van der Waals surface area contributed by atoms with Gasteiger partial charge in [0.25, 0.3) is 0 Å². The second-order valence-corrected chi connectivity index (χ2v) is 7.22. The van der Waals surface area contributed by atoms with Crippen molar-refractivity contribution in [1.82, 2.24) is 13.9 Å². The second-order valence-electron chi connectivity index (χ2n) is 5.07. The minimum absolute atomic E-state index is 0.0799. The van der Waals surface area contributed by atoms with E-state index in [4.69, 9.17) is 22.7 Å². The fourth-order valence-electron chi connectivity index (χ4n) is 1.92. The van der Waals surface area contributed by atoms with Crippen LogP contribution in [0.1, 0.15) is 20.8 Å². The number of hydrogen-bond acceptors (Lipinski definition) is 6. The number of nitrogens with two attached hydrogens (primary N) is 1. The summed E-state index contributed by atoms with van der Waals surface area (Å²) in [7, 11) is -3.88. The summed E-state index contributed by atoms with van der Waals surface area (Å²) in [5.41, 5.74) is 5.58. The number of piperazine rings is 1. The average Bonchev–Trinajstić information content (AvgIpc) is 2.36. The van der Waals surface area contributed by atoms with Crippen LogP contribution < -0.4 is 10.5 Å². The van der Waals surface area contributed by atoms with Crippen LogP contribution in [-0.2, 0) is 14.9 Å². The lowest BCUT2D eigenvalue weighted by molar-refractivity contribution is 0.120. The van der Waals surface area contributed by atoms with Crippen LogP contribution in [-0.4, -0.2) is 67.0 Å². The van der Waals surface area contributed by atoms with Crippen LogP contribution in [0, 0.1) is 0 Å². The van der Waals surface area contributed by atoms with Gasteiger partial charge in [-0.2, -0.15) is 12.7 Å². The monoisotopic (exact) mass is 338 g/mol. The molecule has 1 unspecified atom stereocenters. The lowest BCUT2D eigenvalue weighted by atomic mass is 10.2. The Balaban J connectivity index is 2.56. The maximum absolute atomic E-state index is 12.0. The summed E-state index contributed by atoms with van der Waals surface area (Å²) in [5.74, 6) is 0. The first-order valence-electron chi connectivity index (χ1n) is 6.65. The molecule has 3 N–H and O–H groups in total. The van der Waals surface area contributed by atoms with Gasteiger partial charge < -0.3 is 10.5 Å². The van der Waals surface area contributed by atoms with Gasteiger partial charge in [0.05, 0.1) is 17.1 Å². The number of hydrogen-bond donors (Lipinski definition) is 2. The molecule has 21 heavy (non-hydrogen) atoms. The van der Waals surface area contributed by atoms with Gasteiger partial charge in [-0.15, -0.1) is 0 Å². The molecule has 1 rings (SSSR count). The molecule has 0 spiro atoms. The highest BCUT2D eigenvalue weighted by atomic mass is 32.2. The Labute approximate surface area is 130 Å². The summed E-state index contributed by atoms with van der Waals surface area (Å²) >= 11 is 4.93. The number of thiocarbonyl (C=S) groups is 1. The maximum atomic E-state index is 12.0. The summed E-state index contributed by atoms with van der Waals surface area (Å²) in [6.45, 7) is 6.68. The smallest absolute Gasteiger partial charge is 0.422 e. The molecule has 1 atom stereocenters. The van der Waals surface area contributed by atoms with E-state index >= 15 is 0 Å². The van der Waals surface area contributed by atoms with E-state index in [9.17, 15) is 13.2 Å². The molecule has 1 heterocycles. The van der Waals surface area contributed by atoms with Gasteiger partial charge in [0.2, 0.25) is 0 Å². The van der Waals surface area contributed by atoms with E-state index in [1.54, 1.807) is 13.8 Å². The van der Waals surface area contributed by atoms with Crippen molar-refractivity contribution in [3.05, 3.63) is 0 Å². The molecule has 0 aromatic heterocycles. The minimum atomic E-state index is -3.88. The molecule has 10 heteroatoms. The SMILES string of the molecule is CC(C)OC(=O)NS(=O)(=O)N1CCN(C(C)C(N)=S)CC1. The molecule has 1 aliphatic heterocycles. The molecule has 0 aliphatic carbocycles. The normalized spacial score (nSPS) is 19.2. The number of carbonyl (C=O) groups is 1. The van der Waals surface area contributed by atoms with Crippen molar-refractivity contribution in [3.63, 3.8) is 0 Å². The maximum Gasteiger partial charge on any atom is 0.422 e. The molecule has 8 nitrogen and oxygen atoms in total. The average molecular weight is 338 g/mol. The number of amides is 1. The van der Waals surface area contributed by atoms with Crippen LogP contribution in [0.4, 0.5) is 4.79 Å². The van der Waals surface area contributed by atoms with Gasteiger partial charge in [0, 0.05) is 26.2 Å². The molecule has 1 fully saturated rings. The van der Waals surface area contributed by atoms with E-state index in [1.807, 2.05) is 16.5 Å². The van der Waals surface area contributed by atoms with Crippen molar-refractivity contribution in [3.8, 4) is 0 Å². The van der Waals surface area contributed by atoms with Crippen molar-refractivity contribution in [1.29, 1.82) is 0 Å². The fraction of sp³-hybridized carbons (Fsp3) is 0.818. The van der Waals surface area contributed by atoms with Gasteiger partial charge in [0.1, 0.15) is 0 Å². The zero-order chi connectivity index (χ0) is 16.2. The summed E-state index contributed by atoms with van der Waals surface area (Å²) in [4.78, 5) is 13.8. The summed E-state index contributed by atoms with van der Waals surface area (Å²) in [5, 5.41) is 0. The minimum Gasteiger partial charge on any atom is -0.446 e. The Morgan fingerprint density at radius 2 is 1.76 bits per heavy atom. The third-order valence-electron chi connectivity index (χ3n) is 3.13. The van der Waals surface area contributed by atoms with Crippen LogP contribution >= 0.6 is 12.2 Å². The first kappa shape index (κ1) is 18.1. The molecule has 0 bridgehead atoms. The highest BCUT2D eigenvalue weighted by Gasteiger charge is 2.30. The van der Waals surface area contributed by atoms with Crippen molar-refractivity contribution < 1.29 is 17.9 Å². The Kier molecular flexibility index (Phi) is 6.32. The van der Waals surface area contributed by atoms with Gasteiger partial charge in [-0.3, -0.25) is 4.90 Å². The molecule has 0 aromatic carbocycles. The summed E-state index contributed by atoms with van der Waals surface area (Å²) < 4.78 is 31.9. The van der Waals surface area contributed by atoms with Crippen LogP contribution in [0.3, 0.4) is 0 Å². The zero-order valence-electron chi connectivity index (χ0n) is 12.4. The van der Waals surface area contributed by atoms with E-state index in [2.05, 4.69) is 0 Å². The van der Waals surface area contributed by atoms with E-state index in [0.717, 1.165) is 0 Å². The van der Waals surface area contributed by atoms with Crippen LogP contribution in [0.5, 0.6) is 0 Å². The van der Waals surface area contributed by atoms with E-state index in [1.165, 1.54) is 4.31 Å². The van der Waals surface area contributed by atoms with Crippen LogP contribution in [0.25, 0.3) is 0 Å². The molecular formula is C11H22N4O4S2. The summed E-state index contributed by atoms with van der Waals surface area (Å²) in [6, 6.07) is -0.0799. The number of nitrogens with one attached hydrogen (secondary N) is 1. The quantitative estimate of drug-likeness (QED) is 0.661. The van der Waals surface area contributed by atoms with E-state index in [0.29, 0.717) is 18.1 Å². The molecular weight excluding hydrogens is 316 g/mol. The number of nitrogens with zero attached hydrogens (tertiary/aromatic N) is 2. The molecule has 1 amide bonds. The number of ether oxygens (including phenoxy) is 1. The first-order chi connectivity index (χ1) is 9.63. The molecule has 122 valence electrons. The number of rotatable bonds is 5. The van der Waals surface area contributed by atoms with Crippen LogP contribution in [0.15, 0.2) is 0 Å². The van der Waals surface area contributed by atoms with Gasteiger partial charge in [-0.25, -0.2) is 9.52 Å². The molecule has 1 saturated heterocycles. The van der Waals surface area contributed by atoms with Gasteiger partial charge in [0.15, 0.2) is 0 Å². The Hall–Kier alpha value is -0.970. The Morgan fingerprint density at radius 1 is 1.24 bits per heavy atom. The van der Waals surface area contributed by atoms with Gasteiger partial charge >= 0.3 is 16.3 Å². The van der Waals surface area contributed by atoms with Crippen molar-refractivity contribution in [2.45, 2.75) is 32.9 Å². The number of carbonyl (C=O) groups excluding carboxylic acids is 1. The fourth-order valence-corrected chi connectivity index (χ4v) is 3.10. The lowest BCUT2D eigenvalue weighted by Gasteiger charge is -2.36. The topological polar surface area (TPSA) is 105 Å². The summed E-state index contributed by atoms with van der Waals surface area (Å²) in [6.07, 6.45) is -1.35. The lowest BCUT2D eigenvalue weighted by Crippen LogP contribution is -2.56.